The van der Waals surface area contributed by atoms with Gasteiger partial charge in [0.2, 0.25) is 0 Å². The summed E-state index contributed by atoms with van der Waals surface area (Å²) in [6.07, 6.45) is 0. The van der Waals surface area contributed by atoms with Crippen molar-refractivity contribution in [1.82, 2.24) is 4.98 Å². The molecule has 0 fully saturated rings. The van der Waals surface area contributed by atoms with Gasteiger partial charge in [0.15, 0.2) is 5.89 Å². The number of hydrogen-bond donors (Lipinski definition) is 1. The first kappa shape index (κ1) is 8.47. The molecule has 0 bridgehead atoms. The SMILES string of the molecule is Cc1nc(-c2cccs2)c(CN)o1. The first-order valence-electron chi connectivity index (χ1n) is 4.01. The van der Waals surface area contributed by atoms with Gasteiger partial charge < -0.3 is 10.2 Å². The largest absolute Gasteiger partial charge is 0.444 e. The van der Waals surface area contributed by atoms with Gasteiger partial charge in [0.1, 0.15) is 11.5 Å². The van der Waals surface area contributed by atoms with Crippen molar-refractivity contribution in [2.45, 2.75) is 13.5 Å². The van der Waals surface area contributed by atoms with E-state index in [9.17, 15) is 0 Å². The third-order valence-corrected chi connectivity index (χ3v) is 2.62. The number of nitrogens with two attached hydrogens (primary N) is 1. The highest BCUT2D eigenvalue weighted by molar-refractivity contribution is 7.13. The monoisotopic (exact) mass is 194 g/mol. The molecule has 0 aliphatic heterocycles. The standard InChI is InChI=1S/C9H10N2OS/c1-6-11-9(7(5-10)12-6)8-3-2-4-13-8/h2-4H,5,10H2,1H3. The predicted octanol–water partition coefficient (Wildman–Crippen LogP) is 2.17. The second-order valence-corrected chi connectivity index (χ2v) is 3.63. The summed E-state index contributed by atoms with van der Waals surface area (Å²) in [6.45, 7) is 2.23. The van der Waals surface area contributed by atoms with E-state index in [0.717, 1.165) is 16.3 Å². The Labute approximate surface area is 80.2 Å². The summed E-state index contributed by atoms with van der Waals surface area (Å²) in [6, 6.07) is 4.01. The lowest BCUT2D eigenvalue weighted by molar-refractivity contribution is 0.477. The molecule has 2 rings (SSSR count). The summed E-state index contributed by atoms with van der Waals surface area (Å²) in [7, 11) is 0. The van der Waals surface area contributed by atoms with Gasteiger partial charge in [-0.2, -0.15) is 0 Å². The third kappa shape index (κ3) is 1.50. The molecule has 0 atom stereocenters. The summed E-state index contributed by atoms with van der Waals surface area (Å²) in [5.41, 5.74) is 6.43. The normalized spacial score (nSPS) is 10.6. The highest BCUT2D eigenvalue weighted by Crippen LogP contribution is 2.27. The summed E-state index contributed by atoms with van der Waals surface area (Å²) >= 11 is 1.64. The first-order valence-corrected chi connectivity index (χ1v) is 4.89. The van der Waals surface area contributed by atoms with Crippen molar-refractivity contribution in [3.63, 3.8) is 0 Å². The van der Waals surface area contributed by atoms with Crippen LogP contribution in [-0.2, 0) is 6.54 Å². The molecular formula is C9H10N2OS. The van der Waals surface area contributed by atoms with E-state index >= 15 is 0 Å². The van der Waals surface area contributed by atoms with Crippen LogP contribution in [0.25, 0.3) is 10.6 Å². The molecule has 0 aromatic carbocycles. The minimum Gasteiger partial charge on any atom is -0.444 e. The van der Waals surface area contributed by atoms with Crippen molar-refractivity contribution >= 4 is 11.3 Å². The zero-order valence-electron chi connectivity index (χ0n) is 7.28. The van der Waals surface area contributed by atoms with Crippen molar-refractivity contribution < 1.29 is 4.42 Å². The Morgan fingerprint density at radius 2 is 2.46 bits per heavy atom. The second-order valence-electron chi connectivity index (χ2n) is 2.69. The van der Waals surface area contributed by atoms with E-state index in [4.69, 9.17) is 10.2 Å². The van der Waals surface area contributed by atoms with Gasteiger partial charge in [-0.05, 0) is 11.4 Å². The van der Waals surface area contributed by atoms with E-state index in [1.807, 2.05) is 24.4 Å². The van der Waals surface area contributed by atoms with E-state index in [2.05, 4.69) is 4.98 Å². The predicted molar refractivity (Wildman–Crippen MR) is 52.4 cm³/mol. The van der Waals surface area contributed by atoms with Gasteiger partial charge in [-0.25, -0.2) is 4.98 Å². The molecule has 4 heteroatoms. The minimum absolute atomic E-state index is 0.397. The van der Waals surface area contributed by atoms with Gasteiger partial charge in [0, 0.05) is 6.92 Å². The van der Waals surface area contributed by atoms with E-state index in [1.54, 1.807) is 11.3 Å². The molecule has 0 radical (unpaired) electrons. The van der Waals surface area contributed by atoms with Gasteiger partial charge in [0.25, 0.3) is 0 Å². The highest BCUT2D eigenvalue weighted by Gasteiger charge is 2.11. The number of hydrogen-bond acceptors (Lipinski definition) is 4. The number of thiophene rings is 1. The van der Waals surface area contributed by atoms with Gasteiger partial charge in [-0.1, -0.05) is 6.07 Å². The number of rotatable bonds is 2. The maximum Gasteiger partial charge on any atom is 0.191 e. The highest BCUT2D eigenvalue weighted by atomic mass is 32.1. The molecular weight excluding hydrogens is 184 g/mol. The molecule has 68 valence electrons. The molecule has 0 spiro atoms. The van der Waals surface area contributed by atoms with E-state index in [1.165, 1.54) is 0 Å². The van der Waals surface area contributed by atoms with Crippen molar-refractivity contribution in [2.75, 3.05) is 0 Å². The van der Waals surface area contributed by atoms with Gasteiger partial charge in [0.05, 0.1) is 11.4 Å². The summed E-state index contributed by atoms with van der Waals surface area (Å²) in [4.78, 5) is 5.40. The molecule has 0 unspecified atom stereocenters. The first-order chi connectivity index (χ1) is 6.31. The zero-order valence-corrected chi connectivity index (χ0v) is 8.10. The number of nitrogens with zero attached hydrogens (tertiary/aromatic N) is 1. The molecule has 2 aromatic rings. The quantitative estimate of drug-likeness (QED) is 0.797. The third-order valence-electron chi connectivity index (χ3n) is 1.74. The minimum atomic E-state index is 0.397. The lowest BCUT2D eigenvalue weighted by atomic mass is 10.3. The Balaban J connectivity index is 2.50. The van der Waals surface area contributed by atoms with Crippen LogP contribution in [0.15, 0.2) is 21.9 Å². The molecule has 0 aliphatic rings. The molecule has 13 heavy (non-hydrogen) atoms. The Hall–Kier alpha value is -1.13. The second kappa shape index (κ2) is 3.32. The van der Waals surface area contributed by atoms with E-state index in [-0.39, 0.29) is 0 Å². The lowest BCUT2D eigenvalue weighted by Crippen LogP contribution is -1.95. The fourth-order valence-electron chi connectivity index (χ4n) is 1.21. The van der Waals surface area contributed by atoms with Gasteiger partial charge in [-0.15, -0.1) is 11.3 Å². The fraction of sp³-hybridized carbons (Fsp3) is 0.222. The topological polar surface area (TPSA) is 52.0 Å². The summed E-state index contributed by atoms with van der Waals surface area (Å²) in [5, 5.41) is 2.01. The lowest BCUT2D eigenvalue weighted by Gasteiger charge is -1.92. The van der Waals surface area contributed by atoms with Crippen LogP contribution in [0, 0.1) is 6.92 Å². The molecule has 0 saturated carbocycles. The zero-order chi connectivity index (χ0) is 9.26. The average molecular weight is 194 g/mol. The Morgan fingerprint density at radius 1 is 1.62 bits per heavy atom. The molecule has 3 nitrogen and oxygen atoms in total. The molecule has 2 heterocycles. The van der Waals surface area contributed by atoms with Crippen LogP contribution in [0.4, 0.5) is 0 Å². The molecule has 0 aliphatic carbocycles. The summed E-state index contributed by atoms with van der Waals surface area (Å²) < 4.78 is 5.36. The number of oxazole rings is 1. The van der Waals surface area contributed by atoms with Crippen LogP contribution in [0.1, 0.15) is 11.7 Å². The van der Waals surface area contributed by atoms with Crippen LogP contribution in [0.2, 0.25) is 0 Å². The van der Waals surface area contributed by atoms with Crippen molar-refractivity contribution in [3.8, 4) is 10.6 Å². The summed E-state index contributed by atoms with van der Waals surface area (Å²) in [5.74, 6) is 1.43. The van der Waals surface area contributed by atoms with Crippen LogP contribution >= 0.6 is 11.3 Å². The van der Waals surface area contributed by atoms with Gasteiger partial charge in [-0.3, -0.25) is 0 Å². The number of aryl methyl sites for hydroxylation is 1. The van der Waals surface area contributed by atoms with Crippen molar-refractivity contribution in [3.05, 3.63) is 29.2 Å². The van der Waals surface area contributed by atoms with Crippen LogP contribution in [-0.4, -0.2) is 4.98 Å². The molecule has 2 N–H and O–H groups in total. The smallest absolute Gasteiger partial charge is 0.191 e. The number of aromatic nitrogens is 1. The fourth-order valence-corrected chi connectivity index (χ4v) is 1.95. The van der Waals surface area contributed by atoms with Crippen molar-refractivity contribution in [2.24, 2.45) is 5.73 Å². The van der Waals surface area contributed by atoms with Crippen LogP contribution < -0.4 is 5.73 Å². The van der Waals surface area contributed by atoms with Crippen LogP contribution in [0.5, 0.6) is 0 Å². The van der Waals surface area contributed by atoms with Crippen molar-refractivity contribution in [1.29, 1.82) is 0 Å². The molecule has 0 amide bonds. The Morgan fingerprint density at radius 3 is 3.08 bits per heavy atom. The van der Waals surface area contributed by atoms with Gasteiger partial charge >= 0.3 is 0 Å². The molecule has 0 saturated heterocycles. The molecule has 2 aromatic heterocycles. The average Bonchev–Trinajstić information content (AvgIpc) is 2.71. The Kier molecular flexibility index (Phi) is 2.16. The maximum absolute atomic E-state index is 5.54. The van der Waals surface area contributed by atoms with Crippen LogP contribution in [0.3, 0.4) is 0 Å². The van der Waals surface area contributed by atoms with E-state index in [0.29, 0.717) is 12.4 Å². The van der Waals surface area contributed by atoms with E-state index < -0.39 is 0 Å². The maximum atomic E-state index is 5.54. The Bertz CT molecular complexity index is 392.